The van der Waals surface area contributed by atoms with Gasteiger partial charge in [-0.2, -0.15) is 4.39 Å². The Hall–Kier alpha value is -12.4. The van der Waals surface area contributed by atoms with Crippen LogP contribution in [0.4, 0.5) is 8.78 Å². The fraction of sp³-hybridized carbons (Fsp3) is 0.172. The smallest absolute Gasteiger partial charge is 0.316 e. The average Bonchev–Trinajstić information content (AvgIpc) is 1.62. The monoisotopic (exact) mass is 1590 g/mol. The number of nitrogens with zero attached hydrogens (tertiary/aromatic N) is 12. The number of aliphatic hydroxyl groups is 4. The lowest BCUT2D eigenvalue weighted by Crippen LogP contribution is -2.07. The third kappa shape index (κ3) is 16.9. The van der Waals surface area contributed by atoms with Gasteiger partial charge in [-0.15, -0.1) is 0 Å². The lowest BCUT2D eigenvalue weighted by molar-refractivity contribution is 0.272. The van der Waals surface area contributed by atoms with Gasteiger partial charge >= 0.3 is 18.1 Å². The maximum atomic E-state index is 14.6. The van der Waals surface area contributed by atoms with E-state index in [4.69, 9.17) is 63.2 Å². The number of ether oxygens (including phenoxy) is 6. The van der Waals surface area contributed by atoms with Crippen molar-refractivity contribution in [2.24, 2.45) is 0 Å². The maximum absolute atomic E-state index is 14.6. The Labute approximate surface area is 669 Å². The number of fused-ring (bicyclic) bond motifs is 4. The van der Waals surface area contributed by atoms with E-state index in [1.54, 1.807) is 71.7 Å². The van der Waals surface area contributed by atoms with Crippen LogP contribution in [0, 0.1) is 18.8 Å². The van der Waals surface area contributed by atoms with Gasteiger partial charge in [0.15, 0.2) is 0 Å². The van der Waals surface area contributed by atoms with Gasteiger partial charge in [0, 0.05) is 178 Å². The zero-order valence-corrected chi connectivity index (χ0v) is 65.2. The van der Waals surface area contributed by atoms with Crippen molar-refractivity contribution in [2.75, 3.05) is 42.7 Å². The van der Waals surface area contributed by atoms with Crippen LogP contribution < -0.4 is 28.4 Å². The number of methoxy groups -OCH3 is 6. The molecular formula is C87H77Cl3F2N12O10. The van der Waals surface area contributed by atoms with Crippen molar-refractivity contribution in [1.82, 2.24) is 58.1 Å². The Morgan fingerprint density at radius 1 is 0.333 bits per heavy atom. The van der Waals surface area contributed by atoms with E-state index in [0.29, 0.717) is 68.7 Å². The molecule has 8 aromatic heterocycles. The summed E-state index contributed by atoms with van der Waals surface area (Å²) < 4.78 is 67.6. The van der Waals surface area contributed by atoms with Gasteiger partial charge in [0.25, 0.3) is 0 Å². The number of aryl methyl sites for hydroxylation is 1. The molecule has 0 amide bonds. The third-order valence-corrected chi connectivity index (χ3v) is 20.6. The molecule has 8 heterocycles. The van der Waals surface area contributed by atoms with E-state index < -0.39 is 6.08 Å². The molecule has 27 heteroatoms. The maximum Gasteiger partial charge on any atom is 0.316 e. The van der Waals surface area contributed by atoms with E-state index in [0.717, 1.165) is 128 Å². The molecule has 16 aromatic rings. The number of halogens is 5. The van der Waals surface area contributed by atoms with Crippen LogP contribution in [0.1, 0.15) is 50.6 Å². The lowest BCUT2D eigenvalue weighted by atomic mass is 10.0. The highest BCUT2D eigenvalue weighted by atomic mass is 35.5. The first kappa shape index (κ1) is 79.7. The molecule has 0 aliphatic carbocycles. The molecule has 0 aliphatic rings. The summed E-state index contributed by atoms with van der Waals surface area (Å²) in [6.45, 7) is 2.96. The van der Waals surface area contributed by atoms with Gasteiger partial charge in [-0.25, -0.2) is 44.3 Å². The second-order valence-electron chi connectivity index (χ2n) is 26.0. The zero-order valence-electron chi connectivity index (χ0n) is 62.9. The van der Waals surface area contributed by atoms with Crippen molar-refractivity contribution < 1.29 is 57.6 Å². The molecule has 0 saturated heterocycles. The molecule has 0 atom stereocenters. The van der Waals surface area contributed by atoms with Gasteiger partial charge < -0.3 is 67.1 Å². The highest BCUT2D eigenvalue weighted by Crippen LogP contribution is 2.43. The Kier molecular flexibility index (Phi) is 25.4. The van der Waals surface area contributed by atoms with Gasteiger partial charge in [-0.05, 0) is 126 Å². The Morgan fingerprint density at radius 2 is 0.623 bits per heavy atom. The normalized spacial score (nSPS) is 11.1. The van der Waals surface area contributed by atoms with Crippen LogP contribution in [-0.2, 0) is 52.6 Å². The molecule has 8 aromatic carbocycles. The summed E-state index contributed by atoms with van der Waals surface area (Å²) in [6, 6.07) is 51.8. The SMILES string of the molecule is COc1ccc2c(c1)c(-c1cnc(F)nc1)c(CO)n2Cc1ccccc1Cl.COc1ccc2c(c1)c(-c1cnc(OC)nc1)c(CO)n2Cc1ccc(C)cc1F.COc1ccc2c(c1)c(-c1cnc(OC)nc1)c(CO)n2Cc1ccccc1Cl.COc1ccc2c(c1)c(-c1cncnc1)c(CO)n2Cc1ccccc1Cl. The minimum Gasteiger partial charge on any atom is -0.497 e. The van der Waals surface area contributed by atoms with E-state index >= 15 is 0 Å². The summed E-state index contributed by atoms with van der Waals surface area (Å²) in [5.41, 5.74) is 17.1. The lowest BCUT2D eigenvalue weighted by Gasteiger charge is -2.12. The van der Waals surface area contributed by atoms with Gasteiger partial charge in [0.1, 0.15) is 35.1 Å². The highest BCUT2D eigenvalue weighted by Gasteiger charge is 2.26. The molecule has 0 bridgehead atoms. The molecule has 0 fully saturated rings. The summed E-state index contributed by atoms with van der Waals surface area (Å²) in [6.07, 6.45) is 13.7. The molecule has 0 spiro atoms. The van der Waals surface area contributed by atoms with Crippen LogP contribution in [0.15, 0.2) is 220 Å². The van der Waals surface area contributed by atoms with Crippen LogP contribution in [0.25, 0.3) is 88.1 Å². The van der Waals surface area contributed by atoms with Gasteiger partial charge in [-0.1, -0.05) is 102 Å². The van der Waals surface area contributed by atoms with Crippen LogP contribution >= 0.6 is 34.8 Å². The fourth-order valence-electron chi connectivity index (χ4n) is 14.0. The summed E-state index contributed by atoms with van der Waals surface area (Å²) >= 11 is 19.1. The second kappa shape index (κ2) is 36.4. The van der Waals surface area contributed by atoms with Crippen LogP contribution in [0.3, 0.4) is 0 Å². The van der Waals surface area contributed by atoms with E-state index in [-0.39, 0.29) is 50.8 Å². The molecule has 0 unspecified atom stereocenters. The van der Waals surface area contributed by atoms with Gasteiger partial charge in [0.05, 0.1) is 98.4 Å². The van der Waals surface area contributed by atoms with E-state index in [1.165, 1.54) is 39.0 Å². The Balaban J connectivity index is 0.000000133. The van der Waals surface area contributed by atoms with Crippen molar-refractivity contribution in [3.05, 3.63) is 297 Å². The quantitative estimate of drug-likeness (QED) is 0.0460. The van der Waals surface area contributed by atoms with Crippen molar-refractivity contribution in [1.29, 1.82) is 0 Å². The first-order chi connectivity index (χ1) is 55.5. The van der Waals surface area contributed by atoms with Crippen LogP contribution in [-0.4, -0.2) is 121 Å². The fourth-order valence-corrected chi connectivity index (χ4v) is 14.6. The zero-order chi connectivity index (χ0) is 80.1. The summed E-state index contributed by atoms with van der Waals surface area (Å²) in [5, 5.41) is 46.6. The predicted octanol–water partition coefficient (Wildman–Crippen LogP) is 17.2. The molecule has 580 valence electrons. The summed E-state index contributed by atoms with van der Waals surface area (Å²) in [7, 11) is 9.49. The topological polar surface area (TPSA) is 259 Å². The van der Waals surface area contributed by atoms with E-state index in [9.17, 15) is 29.2 Å². The van der Waals surface area contributed by atoms with Crippen LogP contribution in [0.5, 0.6) is 35.0 Å². The van der Waals surface area contributed by atoms with E-state index in [1.807, 2.05) is 168 Å². The van der Waals surface area contributed by atoms with Gasteiger partial charge in [0.2, 0.25) is 0 Å². The van der Waals surface area contributed by atoms with Crippen molar-refractivity contribution in [3.8, 4) is 79.5 Å². The molecule has 0 radical (unpaired) electrons. The number of benzene rings is 8. The molecule has 22 nitrogen and oxygen atoms in total. The minimum absolute atomic E-state index is 0.119. The van der Waals surface area contributed by atoms with Gasteiger partial charge in [-0.3, -0.25) is 0 Å². The Bertz CT molecular complexity index is 6070. The van der Waals surface area contributed by atoms with Crippen molar-refractivity contribution in [3.63, 3.8) is 0 Å². The third-order valence-electron chi connectivity index (χ3n) is 19.5. The molecule has 16 rings (SSSR count). The van der Waals surface area contributed by atoms with Crippen molar-refractivity contribution >= 4 is 78.4 Å². The molecule has 4 N–H and O–H groups in total. The number of rotatable bonds is 22. The molecule has 0 saturated carbocycles. The van der Waals surface area contributed by atoms with Crippen LogP contribution in [0.2, 0.25) is 15.1 Å². The first-order valence-electron chi connectivity index (χ1n) is 35.7. The number of hydrogen-bond acceptors (Lipinski definition) is 18. The molecule has 0 aliphatic heterocycles. The minimum atomic E-state index is -0.799. The van der Waals surface area contributed by atoms with E-state index in [2.05, 4.69) is 49.0 Å². The first-order valence-corrected chi connectivity index (χ1v) is 36.8. The molecule has 114 heavy (non-hydrogen) atoms. The molecular weight excluding hydrogens is 1520 g/mol. The standard InChI is InChI=1S/C23H22FN3O3.C22H20ClN3O3.C21H17ClFN3O2.C21H18ClN3O2/c1-14-4-5-15(19(24)8-14)12-27-20-7-6-17(29-2)9-18(20)22(21(27)13-28)16-10-25-23(30-3)26-11-16;1-28-16-7-8-19-17(9-16)21(15-10-24-22(29-2)25-11-15)20(13-27)26(19)12-14-5-3-4-6-18(14)23;1-28-15-6-7-18-16(8-15)20(14-9-24-21(23)25-10-14)19(12-27)26(18)11-13-4-2-3-5-17(13)22;1-27-16-6-7-19-17(8-16)21(15-9-23-13-24-10-15)20(12-26)25(19)11-14-4-2-3-5-18(14)22/h4-11,28H,12-13H2,1-3H3;3-11,27H,12-13H2,1-2H3;2-10,27H,11-12H2,1H3;2-10,13,26H,11-12H2,1H3. The predicted molar refractivity (Wildman–Crippen MR) is 437 cm³/mol. The summed E-state index contributed by atoms with van der Waals surface area (Å²) in [4.78, 5) is 32.5. The van der Waals surface area contributed by atoms with Crippen molar-refractivity contribution in [2.45, 2.75) is 59.5 Å². The average molecular weight is 1600 g/mol. The number of aromatic nitrogens is 12. The second-order valence-corrected chi connectivity index (χ2v) is 27.2. The number of aliphatic hydroxyl groups excluding tert-OH is 4. The highest BCUT2D eigenvalue weighted by molar-refractivity contribution is 6.32. The summed E-state index contributed by atoms with van der Waals surface area (Å²) in [5.74, 6) is 2.56. The largest absolute Gasteiger partial charge is 0.497 e. The Morgan fingerprint density at radius 3 is 0.904 bits per heavy atom. The number of hydrogen-bond donors (Lipinski definition) is 4.